The Kier molecular flexibility index (Phi) is 5.59. The third kappa shape index (κ3) is 4.09. The first-order valence-electron chi connectivity index (χ1n) is 10.4. The number of hydrogen-bond donors (Lipinski definition) is 0. The van der Waals surface area contributed by atoms with Gasteiger partial charge in [0.15, 0.2) is 0 Å². The Bertz CT molecular complexity index is 741. The quantitative estimate of drug-likeness (QED) is 0.804. The maximum Gasteiger partial charge on any atom is 0.146 e. The average Bonchev–Trinajstić information content (AvgIpc) is 3.20. The zero-order valence-corrected chi connectivity index (χ0v) is 16.9. The minimum Gasteiger partial charge on any atom is -0.361 e. The number of nitrogens with zero attached hydrogens (tertiary/aromatic N) is 6. The lowest BCUT2D eigenvalue weighted by Gasteiger charge is -2.32. The van der Waals surface area contributed by atoms with Gasteiger partial charge in [-0.1, -0.05) is 11.6 Å². The summed E-state index contributed by atoms with van der Waals surface area (Å²) in [5.74, 6) is 3.64. The molecule has 2 aromatic rings. The Morgan fingerprint density at radius 1 is 0.963 bits per heavy atom. The third-order valence-electron chi connectivity index (χ3n) is 6.25. The van der Waals surface area contributed by atoms with Crippen LogP contribution in [0, 0.1) is 13.8 Å². The van der Waals surface area contributed by atoms with Gasteiger partial charge in [-0.15, -0.1) is 10.2 Å². The predicted octanol–water partition coefficient (Wildman–Crippen LogP) is 2.79. The Morgan fingerprint density at radius 2 is 1.74 bits per heavy atom. The molecule has 148 valence electrons. The Labute approximate surface area is 161 Å². The number of hydrogen-bond acceptors (Lipinski definition) is 6. The first kappa shape index (κ1) is 18.6. The van der Waals surface area contributed by atoms with Crippen molar-refractivity contribution in [2.45, 2.75) is 65.0 Å². The minimum atomic E-state index is 0.451. The van der Waals surface area contributed by atoms with Gasteiger partial charge in [-0.25, -0.2) is 0 Å². The van der Waals surface area contributed by atoms with E-state index >= 15 is 0 Å². The van der Waals surface area contributed by atoms with Crippen molar-refractivity contribution in [3.63, 3.8) is 0 Å². The molecular formula is C20H32N6O. The van der Waals surface area contributed by atoms with Crippen LogP contribution >= 0.6 is 0 Å². The summed E-state index contributed by atoms with van der Waals surface area (Å²) in [4.78, 5) is 5.03. The van der Waals surface area contributed by atoms with Crippen LogP contribution in [0.2, 0.25) is 0 Å². The van der Waals surface area contributed by atoms with Gasteiger partial charge >= 0.3 is 0 Å². The molecule has 2 aromatic heterocycles. The van der Waals surface area contributed by atoms with E-state index in [0.29, 0.717) is 5.92 Å². The van der Waals surface area contributed by atoms with Gasteiger partial charge in [0.1, 0.15) is 17.4 Å². The number of rotatable bonds is 5. The first-order chi connectivity index (χ1) is 13.1. The van der Waals surface area contributed by atoms with Gasteiger partial charge in [-0.05, 0) is 59.2 Å². The lowest BCUT2D eigenvalue weighted by molar-refractivity contribution is 0.193. The highest BCUT2D eigenvalue weighted by molar-refractivity contribution is 5.20. The van der Waals surface area contributed by atoms with Gasteiger partial charge in [0.2, 0.25) is 0 Å². The van der Waals surface area contributed by atoms with Crippen LogP contribution in [-0.4, -0.2) is 55.9 Å². The maximum atomic E-state index is 5.34. The van der Waals surface area contributed by atoms with E-state index < -0.39 is 0 Å². The normalized spacial score (nSPS) is 22.4. The standard InChI is InChI=1S/C20H32N6O/c1-15-18(16(2)27-23-15)13-26-11-7-8-17(12-26)20-22-21-19(24(20)3)14-25-9-5-4-6-10-25/h17H,4-14H2,1-3H3/t17-/m1/s1. The molecule has 7 heteroatoms. The van der Waals surface area contributed by atoms with Crippen LogP contribution in [0.1, 0.15) is 66.7 Å². The molecule has 27 heavy (non-hydrogen) atoms. The van der Waals surface area contributed by atoms with E-state index in [1.165, 1.54) is 50.8 Å². The number of aromatic nitrogens is 4. The summed E-state index contributed by atoms with van der Waals surface area (Å²) in [5, 5.41) is 13.2. The van der Waals surface area contributed by atoms with Crippen molar-refractivity contribution >= 4 is 0 Å². The van der Waals surface area contributed by atoms with E-state index in [-0.39, 0.29) is 0 Å². The summed E-state index contributed by atoms with van der Waals surface area (Å²) in [6.07, 6.45) is 6.37. The minimum absolute atomic E-state index is 0.451. The van der Waals surface area contributed by atoms with Crippen molar-refractivity contribution in [3.8, 4) is 0 Å². The van der Waals surface area contributed by atoms with Crippen molar-refractivity contribution in [2.75, 3.05) is 26.2 Å². The fourth-order valence-corrected chi connectivity index (χ4v) is 4.55. The lowest BCUT2D eigenvalue weighted by Crippen LogP contribution is -2.35. The van der Waals surface area contributed by atoms with Crippen molar-refractivity contribution < 1.29 is 4.52 Å². The van der Waals surface area contributed by atoms with Crippen LogP contribution in [0.5, 0.6) is 0 Å². The molecule has 0 amide bonds. The molecule has 4 heterocycles. The van der Waals surface area contributed by atoms with Gasteiger partial charge in [-0.3, -0.25) is 9.80 Å². The molecule has 0 aliphatic carbocycles. The fraction of sp³-hybridized carbons (Fsp3) is 0.750. The maximum absolute atomic E-state index is 5.34. The topological polar surface area (TPSA) is 63.2 Å². The zero-order chi connectivity index (χ0) is 18.8. The van der Waals surface area contributed by atoms with Crippen molar-refractivity contribution in [2.24, 2.45) is 7.05 Å². The molecule has 0 unspecified atom stereocenters. The monoisotopic (exact) mass is 372 g/mol. The summed E-state index contributed by atoms with van der Waals surface area (Å²) < 4.78 is 7.58. The van der Waals surface area contributed by atoms with Gasteiger partial charge in [0.05, 0.1) is 12.2 Å². The van der Waals surface area contributed by atoms with Crippen LogP contribution in [-0.2, 0) is 20.1 Å². The molecule has 0 aromatic carbocycles. The molecule has 2 aliphatic heterocycles. The highest BCUT2D eigenvalue weighted by Crippen LogP contribution is 2.28. The van der Waals surface area contributed by atoms with Crippen LogP contribution < -0.4 is 0 Å². The second-order valence-corrected chi connectivity index (χ2v) is 8.25. The molecule has 7 nitrogen and oxygen atoms in total. The highest BCUT2D eigenvalue weighted by atomic mass is 16.5. The van der Waals surface area contributed by atoms with Crippen molar-refractivity contribution in [3.05, 3.63) is 28.7 Å². The fourth-order valence-electron chi connectivity index (χ4n) is 4.55. The number of piperidine rings is 2. The Hall–Kier alpha value is -1.73. The Morgan fingerprint density at radius 3 is 2.48 bits per heavy atom. The summed E-state index contributed by atoms with van der Waals surface area (Å²) in [7, 11) is 2.14. The first-order valence-corrected chi connectivity index (χ1v) is 10.4. The molecule has 2 saturated heterocycles. The molecule has 0 spiro atoms. The summed E-state index contributed by atoms with van der Waals surface area (Å²) in [5.41, 5.74) is 2.25. The second-order valence-electron chi connectivity index (χ2n) is 8.25. The van der Waals surface area contributed by atoms with Crippen LogP contribution in [0.15, 0.2) is 4.52 Å². The smallest absolute Gasteiger partial charge is 0.146 e. The number of aryl methyl sites for hydroxylation is 2. The van der Waals surface area contributed by atoms with E-state index in [4.69, 9.17) is 4.52 Å². The molecule has 1 atom stereocenters. The molecule has 0 N–H and O–H groups in total. The summed E-state index contributed by atoms with van der Waals surface area (Å²) >= 11 is 0. The third-order valence-corrected chi connectivity index (χ3v) is 6.25. The van der Waals surface area contributed by atoms with Crippen LogP contribution in [0.3, 0.4) is 0 Å². The molecule has 0 bridgehead atoms. The molecule has 2 fully saturated rings. The van der Waals surface area contributed by atoms with E-state index in [1.807, 2.05) is 13.8 Å². The van der Waals surface area contributed by atoms with E-state index in [1.54, 1.807) is 0 Å². The van der Waals surface area contributed by atoms with Gasteiger partial charge < -0.3 is 9.09 Å². The van der Waals surface area contributed by atoms with Crippen LogP contribution in [0.4, 0.5) is 0 Å². The predicted molar refractivity (Wildman–Crippen MR) is 103 cm³/mol. The molecule has 0 saturated carbocycles. The molecular weight excluding hydrogens is 340 g/mol. The molecule has 4 rings (SSSR count). The van der Waals surface area contributed by atoms with Crippen molar-refractivity contribution in [1.29, 1.82) is 0 Å². The lowest BCUT2D eigenvalue weighted by atomic mass is 9.96. The van der Waals surface area contributed by atoms with Crippen molar-refractivity contribution in [1.82, 2.24) is 29.7 Å². The molecule has 0 radical (unpaired) electrons. The van der Waals surface area contributed by atoms with Gasteiger partial charge in [0, 0.05) is 31.6 Å². The van der Waals surface area contributed by atoms with E-state index in [0.717, 1.165) is 49.3 Å². The second kappa shape index (κ2) is 8.10. The van der Waals surface area contributed by atoms with Gasteiger partial charge in [-0.2, -0.15) is 0 Å². The van der Waals surface area contributed by atoms with Gasteiger partial charge in [0.25, 0.3) is 0 Å². The van der Waals surface area contributed by atoms with E-state index in [9.17, 15) is 0 Å². The zero-order valence-electron chi connectivity index (χ0n) is 16.9. The average molecular weight is 373 g/mol. The molecule has 2 aliphatic rings. The Balaban J connectivity index is 1.42. The summed E-state index contributed by atoms with van der Waals surface area (Å²) in [6, 6.07) is 0. The SMILES string of the molecule is Cc1noc(C)c1CN1CCC[C@@H](c2nnc(CN3CCCCC3)n2C)C1. The number of likely N-dealkylation sites (tertiary alicyclic amines) is 2. The summed E-state index contributed by atoms with van der Waals surface area (Å²) in [6.45, 7) is 10.4. The van der Waals surface area contributed by atoms with Crippen LogP contribution in [0.25, 0.3) is 0 Å². The largest absolute Gasteiger partial charge is 0.361 e. The highest BCUT2D eigenvalue weighted by Gasteiger charge is 2.27. The van der Waals surface area contributed by atoms with E-state index in [2.05, 4.69) is 36.8 Å².